The first-order valence-electron chi connectivity index (χ1n) is 7.45. The lowest BCUT2D eigenvalue weighted by Gasteiger charge is -2.10. The Balaban J connectivity index is 1.70. The molecular weight excluding hydrogens is 276 g/mol. The summed E-state index contributed by atoms with van der Waals surface area (Å²) in [5, 5.41) is 16.0. The topological polar surface area (TPSA) is 60.6 Å². The third-order valence-corrected chi connectivity index (χ3v) is 3.27. The molecule has 0 saturated carbocycles. The molecule has 1 N–H and O–H groups in total. The number of anilines is 1. The van der Waals surface area contributed by atoms with Gasteiger partial charge in [0.25, 0.3) is 0 Å². The van der Waals surface area contributed by atoms with Crippen LogP contribution in [0.1, 0.15) is 13.8 Å². The number of hydrogen-bond donors (Lipinski definition) is 1. The van der Waals surface area contributed by atoms with Crippen molar-refractivity contribution in [1.82, 2.24) is 24.8 Å². The molecule has 0 fully saturated rings. The summed E-state index contributed by atoms with van der Waals surface area (Å²) < 4.78 is 3.73. The molecule has 0 amide bonds. The van der Waals surface area contributed by atoms with Gasteiger partial charge >= 0.3 is 0 Å². The molecule has 0 radical (unpaired) electrons. The molecule has 114 valence electrons. The van der Waals surface area contributed by atoms with E-state index in [-0.39, 0.29) is 0 Å². The van der Waals surface area contributed by atoms with Gasteiger partial charge in [-0.05, 0) is 32.0 Å². The Morgan fingerprint density at radius 3 is 2.77 bits per heavy atom. The summed E-state index contributed by atoms with van der Waals surface area (Å²) in [6.07, 6.45) is 5.69. The van der Waals surface area contributed by atoms with Gasteiger partial charge in [-0.3, -0.25) is 9.36 Å². The standard InChI is InChI=1S/C16H20N6/c1-13(2)18-15-6-3-5-14(11-15)16-12-22(20-19-16)10-9-21-8-4-7-17-21/h3-8,11-13,18H,9-10H2,1-2H3. The first-order valence-corrected chi connectivity index (χ1v) is 7.45. The number of nitrogens with zero attached hydrogens (tertiary/aromatic N) is 5. The van der Waals surface area contributed by atoms with Crippen LogP contribution >= 0.6 is 0 Å². The number of benzene rings is 1. The van der Waals surface area contributed by atoms with Crippen molar-refractivity contribution < 1.29 is 0 Å². The second-order valence-electron chi connectivity index (χ2n) is 5.52. The Hall–Kier alpha value is -2.63. The van der Waals surface area contributed by atoms with Crippen molar-refractivity contribution in [3.05, 3.63) is 48.9 Å². The molecule has 2 aromatic heterocycles. The maximum absolute atomic E-state index is 4.26. The molecule has 0 aliphatic carbocycles. The van der Waals surface area contributed by atoms with Crippen LogP contribution < -0.4 is 5.32 Å². The van der Waals surface area contributed by atoms with Gasteiger partial charge in [0, 0.05) is 29.7 Å². The lowest BCUT2D eigenvalue weighted by atomic mass is 10.1. The van der Waals surface area contributed by atoms with Crippen LogP contribution in [0.25, 0.3) is 11.3 Å². The molecule has 0 atom stereocenters. The van der Waals surface area contributed by atoms with Gasteiger partial charge in [-0.2, -0.15) is 5.10 Å². The normalized spacial score (nSPS) is 11.0. The molecule has 0 aliphatic rings. The second kappa shape index (κ2) is 6.43. The van der Waals surface area contributed by atoms with Gasteiger partial charge in [0.05, 0.1) is 19.3 Å². The Morgan fingerprint density at radius 1 is 1.14 bits per heavy atom. The van der Waals surface area contributed by atoms with Gasteiger partial charge in [0.2, 0.25) is 0 Å². The Kier molecular flexibility index (Phi) is 4.18. The fourth-order valence-electron chi connectivity index (χ4n) is 2.28. The van der Waals surface area contributed by atoms with Gasteiger partial charge in [0.15, 0.2) is 0 Å². The minimum atomic E-state index is 0.403. The Morgan fingerprint density at radius 2 is 2.00 bits per heavy atom. The maximum Gasteiger partial charge on any atom is 0.113 e. The summed E-state index contributed by atoms with van der Waals surface area (Å²) in [7, 11) is 0. The molecule has 0 spiro atoms. The van der Waals surface area contributed by atoms with E-state index < -0.39 is 0 Å². The van der Waals surface area contributed by atoms with Crippen LogP contribution in [0, 0.1) is 0 Å². The minimum absolute atomic E-state index is 0.403. The Labute approximate surface area is 129 Å². The van der Waals surface area contributed by atoms with E-state index in [9.17, 15) is 0 Å². The van der Waals surface area contributed by atoms with E-state index in [0.717, 1.165) is 30.0 Å². The van der Waals surface area contributed by atoms with Crippen molar-refractivity contribution in [3.8, 4) is 11.3 Å². The van der Waals surface area contributed by atoms with Gasteiger partial charge in [-0.15, -0.1) is 5.10 Å². The van der Waals surface area contributed by atoms with Crippen molar-refractivity contribution in [2.75, 3.05) is 5.32 Å². The van der Waals surface area contributed by atoms with Gasteiger partial charge in [0.1, 0.15) is 5.69 Å². The van der Waals surface area contributed by atoms with E-state index in [0.29, 0.717) is 6.04 Å². The number of aromatic nitrogens is 5. The summed E-state index contributed by atoms with van der Waals surface area (Å²) in [5.74, 6) is 0. The number of aryl methyl sites for hydroxylation is 2. The van der Waals surface area contributed by atoms with E-state index in [1.165, 1.54) is 0 Å². The van der Waals surface area contributed by atoms with E-state index in [2.05, 4.69) is 46.7 Å². The van der Waals surface area contributed by atoms with E-state index in [1.807, 2.05) is 40.0 Å². The van der Waals surface area contributed by atoms with Crippen LogP contribution in [0.4, 0.5) is 5.69 Å². The summed E-state index contributed by atoms with van der Waals surface area (Å²) in [5.41, 5.74) is 3.04. The third kappa shape index (κ3) is 3.52. The average molecular weight is 296 g/mol. The predicted molar refractivity (Wildman–Crippen MR) is 86.4 cm³/mol. The van der Waals surface area contributed by atoms with Crippen molar-refractivity contribution in [3.63, 3.8) is 0 Å². The van der Waals surface area contributed by atoms with Gasteiger partial charge in [-0.25, -0.2) is 0 Å². The number of nitrogens with one attached hydrogen (secondary N) is 1. The zero-order valence-electron chi connectivity index (χ0n) is 12.8. The minimum Gasteiger partial charge on any atom is -0.383 e. The van der Waals surface area contributed by atoms with Gasteiger partial charge in [-0.1, -0.05) is 17.3 Å². The first-order chi connectivity index (χ1) is 10.7. The highest BCUT2D eigenvalue weighted by molar-refractivity contribution is 5.64. The SMILES string of the molecule is CC(C)Nc1cccc(-c2cn(CCn3cccn3)nn2)c1. The van der Waals surface area contributed by atoms with E-state index in [4.69, 9.17) is 0 Å². The predicted octanol–water partition coefficient (Wildman–Crippen LogP) is 2.66. The highest BCUT2D eigenvalue weighted by Crippen LogP contribution is 2.20. The van der Waals surface area contributed by atoms with Crippen molar-refractivity contribution >= 4 is 5.69 Å². The molecule has 6 nitrogen and oxygen atoms in total. The average Bonchev–Trinajstić information content (AvgIpc) is 3.16. The highest BCUT2D eigenvalue weighted by Gasteiger charge is 2.05. The summed E-state index contributed by atoms with van der Waals surface area (Å²) in [6, 6.07) is 10.6. The summed E-state index contributed by atoms with van der Waals surface area (Å²) >= 11 is 0. The maximum atomic E-state index is 4.26. The molecular formula is C16H20N6. The monoisotopic (exact) mass is 296 g/mol. The quantitative estimate of drug-likeness (QED) is 0.759. The van der Waals surface area contributed by atoms with Crippen LogP contribution in [0.3, 0.4) is 0 Å². The summed E-state index contributed by atoms with van der Waals surface area (Å²) in [6.45, 7) is 5.78. The smallest absolute Gasteiger partial charge is 0.113 e. The van der Waals surface area contributed by atoms with Crippen LogP contribution in [-0.2, 0) is 13.1 Å². The molecule has 0 bridgehead atoms. The van der Waals surface area contributed by atoms with Crippen LogP contribution in [-0.4, -0.2) is 30.8 Å². The Bertz CT molecular complexity index is 714. The van der Waals surface area contributed by atoms with Crippen molar-refractivity contribution in [2.45, 2.75) is 33.0 Å². The molecule has 3 rings (SSSR count). The fraction of sp³-hybridized carbons (Fsp3) is 0.312. The fourth-order valence-corrected chi connectivity index (χ4v) is 2.28. The molecule has 0 unspecified atom stereocenters. The lowest BCUT2D eigenvalue weighted by molar-refractivity contribution is 0.490. The lowest BCUT2D eigenvalue weighted by Crippen LogP contribution is -2.09. The van der Waals surface area contributed by atoms with Crippen molar-refractivity contribution in [2.24, 2.45) is 0 Å². The molecule has 1 aromatic carbocycles. The number of hydrogen-bond acceptors (Lipinski definition) is 4. The molecule has 22 heavy (non-hydrogen) atoms. The van der Waals surface area contributed by atoms with Gasteiger partial charge < -0.3 is 5.32 Å². The van der Waals surface area contributed by atoms with E-state index >= 15 is 0 Å². The first kappa shape index (κ1) is 14.3. The van der Waals surface area contributed by atoms with Crippen molar-refractivity contribution in [1.29, 1.82) is 0 Å². The molecule has 6 heteroatoms. The van der Waals surface area contributed by atoms with Crippen LogP contribution in [0.2, 0.25) is 0 Å². The van der Waals surface area contributed by atoms with Crippen LogP contribution in [0.5, 0.6) is 0 Å². The van der Waals surface area contributed by atoms with Crippen LogP contribution in [0.15, 0.2) is 48.9 Å². The molecule has 3 aromatic rings. The molecule has 0 aliphatic heterocycles. The second-order valence-corrected chi connectivity index (χ2v) is 5.52. The zero-order valence-corrected chi connectivity index (χ0v) is 12.8. The molecule has 0 saturated heterocycles. The summed E-state index contributed by atoms with van der Waals surface area (Å²) in [4.78, 5) is 0. The number of rotatable bonds is 6. The third-order valence-electron chi connectivity index (χ3n) is 3.27. The zero-order chi connectivity index (χ0) is 15.4. The largest absolute Gasteiger partial charge is 0.383 e. The highest BCUT2D eigenvalue weighted by atomic mass is 15.4. The molecule has 2 heterocycles. The van der Waals surface area contributed by atoms with E-state index in [1.54, 1.807) is 6.20 Å².